The lowest BCUT2D eigenvalue weighted by Gasteiger charge is -2.26. The Balaban J connectivity index is 1.66. The topological polar surface area (TPSA) is 59.4 Å². The third kappa shape index (κ3) is 4.15. The predicted molar refractivity (Wildman–Crippen MR) is 129 cm³/mol. The molecule has 3 heterocycles. The molecular formula is C23H21BrCl2N4O2. The highest BCUT2D eigenvalue weighted by Gasteiger charge is 2.30. The number of amides is 1. The third-order valence-corrected chi connectivity index (χ3v) is 6.79. The second-order valence-corrected chi connectivity index (χ2v) is 9.67. The average Bonchev–Trinajstić information content (AvgIpc) is 3.03. The van der Waals surface area contributed by atoms with E-state index < -0.39 is 0 Å². The fraction of sp³-hybridized carbons (Fsp3) is 0.304. The van der Waals surface area contributed by atoms with Crippen molar-refractivity contribution in [3.05, 3.63) is 62.2 Å². The van der Waals surface area contributed by atoms with Crippen LogP contribution in [0.25, 0.3) is 16.9 Å². The average molecular weight is 536 g/mol. The van der Waals surface area contributed by atoms with Crippen molar-refractivity contribution in [1.29, 1.82) is 0 Å². The highest BCUT2D eigenvalue weighted by molar-refractivity contribution is 9.10. The summed E-state index contributed by atoms with van der Waals surface area (Å²) >= 11 is 16.2. The van der Waals surface area contributed by atoms with Crippen molar-refractivity contribution in [3.63, 3.8) is 0 Å². The molecule has 0 aliphatic carbocycles. The summed E-state index contributed by atoms with van der Waals surface area (Å²) < 4.78 is 8.68. The number of fused-ring (bicyclic) bond motifs is 3. The van der Waals surface area contributed by atoms with Gasteiger partial charge in [-0.05, 0) is 49.2 Å². The van der Waals surface area contributed by atoms with Gasteiger partial charge in [0.15, 0.2) is 5.69 Å². The molecule has 0 radical (unpaired) electrons. The van der Waals surface area contributed by atoms with Crippen molar-refractivity contribution in [2.75, 3.05) is 19.7 Å². The first-order chi connectivity index (χ1) is 15.5. The molecule has 1 N–H and O–H groups in total. The van der Waals surface area contributed by atoms with Crippen LogP contribution in [0.15, 0.2) is 40.9 Å². The number of hydrogen-bond acceptors (Lipinski definition) is 4. The molecule has 0 unspecified atom stereocenters. The molecule has 1 amide bonds. The van der Waals surface area contributed by atoms with E-state index in [9.17, 15) is 4.79 Å². The number of nitrogens with one attached hydrogen (secondary N) is 1. The highest BCUT2D eigenvalue weighted by atomic mass is 79.9. The molecule has 1 fully saturated rings. The number of halogens is 3. The summed E-state index contributed by atoms with van der Waals surface area (Å²) in [6.07, 6.45) is 3.89. The number of piperidine rings is 1. The summed E-state index contributed by atoms with van der Waals surface area (Å²) in [6.45, 7) is 2.13. The number of carbonyl (C=O) groups excluding carboxylic acids is 1. The van der Waals surface area contributed by atoms with Crippen molar-refractivity contribution < 1.29 is 9.53 Å². The molecule has 5 rings (SSSR count). The molecule has 2 aromatic carbocycles. The number of ether oxygens (including phenoxy) is 1. The van der Waals surface area contributed by atoms with Gasteiger partial charge in [-0.3, -0.25) is 10.2 Å². The number of hydrogen-bond donors (Lipinski definition) is 1. The molecule has 0 spiro atoms. The van der Waals surface area contributed by atoms with Crippen molar-refractivity contribution in [3.8, 4) is 22.7 Å². The van der Waals surface area contributed by atoms with Gasteiger partial charge in [-0.25, -0.2) is 9.69 Å². The molecule has 1 aromatic heterocycles. The van der Waals surface area contributed by atoms with Gasteiger partial charge in [0.2, 0.25) is 0 Å². The molecule has 32 heavy (non-hydrogen) atoms. The lowest BCUT2D eigenvalue weighted by atomic mass is 10.0. The number of rotatable bonds is 3. The van der Waals surface area contributed by atoms with Gasteiger partial charge in [-0.2, -0.15) is 5.10 Å². The van der Waals surface area contributed by atoms with E-state index in [1.165, 1.54) is 6.42 Å². The summed E-state index contributed by atoms with van der Waals surface area (Å²) in [6, 6.07) is 11.1. The van der Waals surface area contributed by atoms with Gasteiger partial charge in [0.25, 0.3) is 5.91 Å². The van der Waals surface area contributed by atoms with Crippen LogP contribution in [0.2, 0.25) is 10.0 Å². The van der Waals surface area contributed by atoms with Gasteiger partial charge in [-0.1, -0.05) is 45.6 Å². The SMILES string of the molecule is O=C(NN1CCCCC1)c1nn(-c2ccc(Cl)cc2Cl)c2c1CCOc1cc(Br)ccc1-2. The minimum absolute atomic E-state index is 0.215. The lowest BCUT2D eigenvalue weighted by molar-refractivity contribution is 0.0743. The summed E-state index contributed by atoms with van der Waals surface area (Å²) in [4.78, 5) is 13.3. The summed E-state index contributed by atoms with van der Waals surface area (Å²) in [5.74, 6) is 0.514. The molecule has 9 heteroatoms. The molecule has 0 bridgehead atoms. The zero-order chi connectivity index (χ0) is 22.2. The predicted octanol–water partition coefficient (Wildman–Crippen LogP) is 5.67. The Morgan fingerprint density at radius 2 is 1.91 bits per heavy atom. The van der Waals surface area contributed by atoms with Crippen LogP contribution >= 0.6 is 39.1 Å². The molecular weight excluding hydrogens is 515 g/mol. The largest absolute Gasteiger partial charge is 0.492 e. The molecule has 2 aliphatic rings. The van der Waals surface area contributed by atoms with E-state index in [0.717, 1.165) is 53.0 Å². The van der Waals surface area contributed by atoms with Crippen LogP contribution in [0.5, 0.6) is 5.75 Å². The molecule has 3 aromatic rings. The second-order valence-electron chi connectivity index (χ2n) is 7.91. The first-order valence-electron chi connectivity index (χ1n) is 10.6. The Kier molecular flexibility index (Phi) is 6.16. The van der Waals surface area contributed by atoms with Crippen molar-refractivity contribution in [1.82, 2.24) is 20.2 Å². The Morgan fingerprint density at radius 3 is 2.69 bits per heavy atom. The maximum atomic E-state index is 13.3. The van der Waals surface area contributed by atoms with E-state index in [0.29, 0.717) is 34.5 Å². The van der Waals surface area contributed by atoms with Crippen LogP contribution < -0.4 is 10.2 Å². The van der Waals surface area contributed by atoms with Gasteiger partial charge in [-0.15, -0.1) is 0 Å². The van der Waals surface area contributed by atoms with E-state index in [4.69, 9.17) is 33.0 Å². The minimum Gasteiger partial charge on any atom is -0.492 e. The zero-order valence-electron chi connectivity index (χ0n) is 17.2. The molecule has 0 saturated carbocycles. The highest BCUT2D eigenvalue weighted by Crippen LogP contribution is 2.40. The van der Waals surface area contributed by atoms with Crippen molar-refractivity contribution in [2.24, 2.45) is 0 Å². The van der Waals surface area contributed by atoms with Gasteiger partial charge >= 0.3 is 0 Å². The van der Waals surface area contributed by atoms with Gasteiger partial charge in [0.1, 0.15) is 5.75 Å². The number of benzene rings is 2. The Bertz CT molecular complexity index is 1190. The van der Waals surface area contributed by atoms with E-state index in [1.54, 1.807) is 16.8 Å². The molecule has 0 atom stereocenters. The summed E-state index contributed by atoms with van der Waals surface area (Å²) in [5.41, 5.74) is 6.58. The second kappa shape index (κ2) is 9.06. The van der Waals surface area contributed by atoms with E-state index in [2.05, 4.69) is 21.4 Å². The van der Waals surface area contributed by atoms with Crippen molar-refractivity contribution in [2.45, 2.75) is 25.7 Å². The van der Waals surface area contributed by atoms with Crippen LogP contribution in [0.4, 0.5) is 0 Å². The zero-order valence-corrected chi connectivity index (χ0v) is 20.3. The number of nitrogens with zero attached hydrogens (tertiary/aromatic N) is 3. The van der Waals surface area contributed by atoms with Gasteiger partial charge < -0.3 is 4.74 Å². The van der Waals surface area contributed by atoms with Crippen LogP contribution in [0.1, 0.15) is 35.3 Å². The van der Waals surface area contributed by atoms with E-state index in [-0.39, 0.29) is 5.91 Å². The fourth-order valence-electron chi connectivity index (χ4n) is 4.25. The van der Waals surface area contributed by atoms with E-state index in [1.807, 2.05) is 29.3 Å². The Labute approximate surface area is 204 Å². The summed E-state index contributed by atoms with van der Waals surface area (Å²) in [5, 5.41) is 7.73. The maximum absolute atomic E-state index is 13.3. The number of carbonyl (C=O) groups is 1. The first-order valence-corrected chi connectivity index (χ1v) is 12.1. The normalized spacial score (nSPS) is 16.0. The summed E-state index contributed by atoms with van der Waals surface area (Å²) in [7, 11) is 0. The monoisotopic (exact) mass is 534 g/mol. The van der Waals surface area contributed by atoms with Crippen LogP contribution in [0.3, 0.4) is 0 Å². The van der Waals surface area contributed by atoms with Crippen molar-refractivity contribution >= 4 is 45.0 Å². The first kappa shape index (κ1) is 21.8. The number of aromatic nitrogens is 2. The molecule has 1 saturated heterocycles. The van der Waals surface area contributed by atoms with Crippen LogP contribution in [-0.2, 0) is 6.42 Å². The van der Waals surface area contributed by atoms with Gasteiger partial charge in [0, 0.05) is 40.1 Å². The van der Waals surface area contributed by atoms with Crippen LogP contribution in [0, 0.1) is 0 Å². The molecule has 6 nitrogen and oxygen atoms in total. The standard InChI is InChI=1S/C23H21BrCl2N4O2/c24-14-4-6-16-20(12-14)32-11-8-17-21(23(31)28-29-9-2-1-3-10-29)27-30(22(16)17)19-7-5-15(25)13-18(19)26/h4-7,12-13H,1-3,8-11H2,(H,28,31). The van der Waals surface area contributed by atoms with E-state index >= 15 is 0 Å². The Morgan fingerprint density at radius 1 is 1.09 bits per heavy atom. The maximum Gasteiger partial charge on any atom is 0.286 e. The smallest absolute Gasteiger partial charge is 0.286 e. The Hall–Kier alpha value is -2.06. The van der Waals surface area contributed by atoms with Crippen LogP contribution in [-0.4, -0.2) is 40.4 Å². The third-order valence-electron chi connectivity index (χ3n) is 5.76. The minimum atomic E-state index is -0.215. The fourth-order valence-corrected chi connectivity index (χ4v) is 5.08. The quantitative estimate of drug-likeness (QED) is 0.469. The van der Waals surface area contributed by atoms with Gasteiger partial charge in [0.05, 0.1) is 23.0 Å². The molecule has 166 valence electrons. The lowest BCUT2D eigenvalue weighted by Crippen LogP contribution is -2.45. The molecule has 2 aliphatic heterocycles. The number of hydrazine groups is 1.